The van der Waals surface area contributed by atoms with Crippen LogP contribution in [0.5, 0.6) is 0 Å². The van der Waals surface area contributed by atoms with Crippen molar-refractivity contribution in [1.29, 1.82) is 0 Å². The Labute approximate surface area is 497 Å². The molecule has 2 N–H and O–H groups in total. The number of hydrogen-bond acceptors (Lipinski definition) is 15. The van der Waals surface area contributed by atoms with Crippen LogP contribution in [0, 0.1) is 13.8 Å². The monoisotopic (exact) mass is 1150 g/mol. The molecule has 2 unspecified atom stereocenters. The van der Waals surface area contributed by atoms with Crippen molar-refractivity contribution < 1.29 is 18.3 Å². The van der Waals surface area contributed by atoms with Gasteiger partial charge in [0.15, 0.2) is 0 Å². The number of furan rings is 1. The molecule has 2 aliphatic heterocycles. The van der Waals surface area contributed by atoms with E-state index in [0.29, 0.717) is 35.0 Å². The molecule has 414 valence electrons. The molecule has 0 spiro atoms. The minimum atomic E-state index is -0.575. The number of pyridine rings is 4. The number of thiophene rings is 1. The third-order valence-electron chi connectivity index (χ3n) is 16.7. The lowest BCUT2D eigenvalue weighted by Gasteiger charge is -2.13. The quantitative estimate of drug-likeness (QED) is 0.140. The molecule has 11 heterocycles. The van der Waals surface area contributed by atoms with E-state index in [4.69, 9.17) is 38.4 Å². The SMILES string of the molecule is Cc1cc(-n2c3ccncc3c3cc(-c4cc5c(cc4-c4nnc(-c6ccccc6)o4)sc4cc(C6=NNC(c7ccccc7)O6)ncc45)ccc32)cc2c1oc1c(C)cc(-n3c4ccncc4c4cnc(C5NN=C(c6ccccc6)O5)cc43)cc12. The first-order valence-electron chi connectivity index (χ1n) is 28.4. The van der Waals surface area contributed by atoms with Gasteiger partial charge < -0.3 is 27.4 Å². The summed E-state index contributed by atoms with van der Waals surface area (Å²) in [5.74, 6) is 1.80. The van der Waals surface area contributed by atoms with Crippen molar-refractivity contribution in [2.24, 2.45) is 10.2 Å². The fraction of sp³-hybridized carbons (Fsp3) is 0.0571. The van der Waals surface area contributed by atoms with E-state index < -0.39 is 12.5 Å². The number of ether oxygens (including phenoxy) is 2. The predicted molar refractivity (Wildman–Crippen MR) is 340 cm³/mol. The van der Waals surface area contributed by atoms with Crippen molar-refractivity contribution in [2.45, 2.75) is 26.3 Å². The van der Waals surface area contributed by atoms with Crippen molar-refractivity contribution in [3.63, 3.8) is 0 Å². The van der Waals surface area contributed by atoms with Gasteiger partial charge in [-0.1, -0.05) is 72.8 Å². The molecular formula is C70H44N12O4S. The number of fused-ring (bicyclic) bond motifs is 12. The molecule has 0 saturated carbocycles. The molecule has 18 rings (SSSR count). The molecule has 2 aliphatic rings. The Morgan fingerprint density at radius 1 is 0.437 bits per heavy atom. The second kappa shape index (κ2) is 19.0. The lowest BCUT2D eigenvalue weighted by Crippen LogP contribution is -2.14. The molecule has 17 heteroatoms. The van der Waals surface area contributed by atoms with Gasteiger partial charge >= 0.3 is 0 Å². The highest BCUT2D eigenvalue weighted by atomic mass is 32.1. The molecule has 16 nitrogen and oxygen atoms in total. The summed E-state index contributed by atoms with van der Waals surface area (Å²) in [7, 11) is 0. The van der Waals surface area contributed by atoms with Crippen LogP contribution in [-0.2, 0) is 9.47 Å². The summed E-state index contributed by atoms with van der Waals surface area (Å²) in [5, 5.41) is 26.4. The summed E-state index contributed by atoms with van der Waals surface area (Å²) in [5.41, 5.74) is 22.6. The number of nitrogens with zero attached hydrogens (tertiary/aromatic N) is 10. The van der Waals surface area contributed by atoms with Gasteiger partial charge in [-0.2, -0.15) is 0 Å². The van der Waals surface area contributed by atoms with Crippen LogP contribution in [0.25, 0.3) is 131 Å². The average Bonchev–Trinajstić information content (AvgIpc) is 1.68. The Morgan fingerprint density at radius 2 is 1.05 bits per heavy atom. The number of hydrogen-bond donors (Lipinski definition) is 2. The highest BCUT2D eigenvalue weighted by Crippen LogP contribution is 2.46. The van der Waals surface area contributed by atoms with Crippen LogP contribution < -0.4 is 10.9 Å². The third-order valence-corrected chi connectivity index (χ3v) is 17.8. The molecule has 7 aromatic carbocycles. The van der Waals surface area contributed by atoms with E-state index in [1.165, 1.54) is 0 Å². The first-order chi connectivity index (χ1) is 42.9. The minimum Gasteiger partial charge on any atom is -0.456 e. The summed E-state index contributed by atoms with van der Waals surface area (Å²) >= 11 is 1.67. The van der Waals surface area contributed by atoms with Crippen LogP contribution >= 0.6 is 11.3 Å². The summed E-state index contributed by atoms with van der Waals surface area (Å²) in [6.07, 6.45) is 10.4. The maximum atomic E-state index is 6.86. The maximum Gasteiger partial charge on any atom is 0.259 e. The van der Waals surface area contributed by atoms with Crippen LogP contribution in [0.2, 0.25) is 0 Å². The van der Waals surface area contributed by atoms with Crippen LogP contribution in [0.15, 0.2) is 226 Å². The van der Waals surface area contributed by atoms with Crippen molar-refractivity contribution in [2.75, 3.05) is 0 Å². The van der Waals surface area contributed by atoms with Crippen LogP contribution in [-0.4, -0.2) is 51.1 Å². The van der Waals surface area contributed by atoms with Gasteiger partial charge in [0.25, 0.3) is 5.90 Å². The zero-order valence-corrected chi connectivity index (χ0v) is 47.1. The summed E-state index contributed by atoms with van der Waals surface area (Å²) < 4.78 is 32.8. The number of nitrogens with one attached hydrogen (secondary N) is 2. The van der Waals surface area contributed by atoms with Gasteiger partial charge in [0.1, 0.15) is 22.6 Å². The van der Waals surface area contributed by atoms with E-state index in [9.17, 15) is 0 Å². The van der Waals surface area contributed by atoms with E-state index in [1.54, 1.807) is 11.3 Å². The molecule has 9 aromatic heterocycles. The fourth-order valence-corrected chi connectivity index (χ4v) is 13.8. The zero-order valence-electron chi connectivity index (χ0n) is 46.3. The van der Waals surface area contributed by atoms with Crippen molar-refractivity contribution in [3.05, 3.63) is 241 Å². The Balaban J connectivity index is 0.761. The van der Waals surface area contributed by atoms with Crippen molar-refractivity contribution in [1.82, 2.24) is 50.1 Å². The Bertz CT molecular complexity index is 5590. The molecule has 0 amide bonds. The summed E-state index contributed by atoms with van der Waals surface area (Å²) in [6, 6.07) is 57.9. The minimum absolute atomic E-state index is 0.402. The van der Waals surface area contributed by atoms with Gasteiger partial charge in [0, 0.05) is 123 Å². The van der Waals surface area contributed by atoms with Crippen molar-refractivity contribution >= 4 is 109 Å². The molecule has 0 radical (unpaired) electrons. The average molecular weight is 1150 g/mol. The second-order valence-corrected chi connectivity index (χ2v) is 23.0. The summed E-state index contributed by atoms with van der Waals surface area (Å²) in [6.45, 7) is 4.23. The highest BCUT2D eigenvalue weighted by molar-refractivity contribution is 7.25. The molecule has 16 aromatic rings. The Kier molecular flexibility index (Phi) is 10.7. The molecule has 0 bridgehead atoms. The standard InChI is InChI=1S/C70H44N12O4S/c1-37-24-43(27-48-49-28-44(25-38(2)64(49)83-63(37)48)82-59-21-23-72-34-52(59)53-35-73-55(31-60(53)82)69-79-76-66(85-69)40-14-8-4-9-15-40)81-57-19-18-42(26-46(57)51-33-71-22-20-58(51)81)45-29-47-54-36-74-56(70-80-77-67(86-70)41-16-10-5-11-17-41)32-62(54)87-61(47)30-50(45)68-78-75-65(84-68)39-12-6-3-7-13-39/h3-36,67,69,77,79H,1-2H3. The van der Waals surface area contributed by atoms with Crippen LogP contribution in [0.1, 0.15) is 46.1 Å². The number of rotatable bonds is 9. The van der Waals surface area contributed by atoms with Gasteiger partial charge in [-0.05, 0) is 133 Å². The third kappa shape index (κ3) is 7.75. The Hall–Kier alpha value is -11.6. The molecule has 0 fully saturated rings. The smallest absolute Gasteiger partial charge is 0.259 e. The van der Waals surface area contributed by atoms with E-state index in [2.05, 4.69) is 127 Å². The van der Waals surface area contributed by atoms with E-state index >= 15 is 0 Å². The van der Waals surface area contributed by atoms with Gasteiger partial charge in [-0.25, -0.2) is 0 Å². The van der Waals surface area contributed by atoms with Gasteiger partial charge in [-0.3, -0.25) is 30.8 Å². The Morgan fingerprint density at radius 3 is 1.79 bits per heavy atom. The molecule has 2 atom stereocenters. The van der Waals surface area contributed by atoms with Gasteiger partial charge in [-0.15, -0.1) is 31.7 Å². The largest absolute Gasteiger partial charge is 0.456 e. The number of aromatic nitrogens is 8. The second-order valence-electron chi connectivity index (χ2n) is 21.9. The molecule has 0 aliphatic carbocycles. The van der Waals surface area contributed by atoms with Crippen molar-refractivity contribution in [3.8, 4) is 45.4 Å². The number of hydrazone groups is 2. The molecule has 0 saturated heterocycles. The fourth-order valence-electron chi connectivity index (χ4n) is 12.6. The van der Waals surface area contributed by atoms with Crippen LogP contribution in [0.4, 0.5) is 0 Å². The topological polar surface area (TPSA) is 181 Å². The normalized spacial score (nSPS) is 15.1. The van der Waals surface area contributed by atoms with Gasteiger partial charge in [0.2, 0.25) is 30.1 Å². The zero-order chi connectivity index (χ0) is 57.4. The van der Waals surface area contributed by atoms with Crippen LogP contribution in [0.3, 0.4) is 0 Å². The maximum absolute atomic E-state index is 6.86. The lowest BCUT2D eigenvalue weighted by molar-refractivity contribution is 0.187. The van der Waals surface area contributed by atoms with E-state index in [-0.39, 0.29) is 0 Å². The first-order valence-corrected chi connectivity index (χ1v) is 29.2. The predicted octanol–water partition coefficient (Wildman–Crippen LogP) is 15.7. The lowest BCUT2D eigenvalue weighted by atomic mass is 9.96. The number of benzene rings is 7. The molecule has 87 heavy (non-hydrogen) atoms. The van der Waals surface area contributed by atoms with Gasteiger partial charge in [0.05, 0.1) is 22.1 Å². The highest BCUT2D eigenvalue weighted by Gasteiger charge is 2.28. The molecular weight excluding hydrogens is 1100 g/mol. The number of aryl methyl sites for hydroxylation is 2. The van der Waals surface area contributed by atoms with E-state index in [1.807, 2.05) is 134 Å². The first kappa shape index (κ1) is 48.9. The summed E-state index contributed by atoms with van der Waals surface area (Å²) in [4.78, 5) is 19.1. The van der Waals surface area contributed by atoms with E-state index in [0.717, 1.165) is 142 Å².